The van der Waals surface area contributed by atoms with E-state index in [0.717, 1.165) is 18.8 Å². The third-order valence-corrected chi connectivity index (χ3v) is 3.15. The summed E-state index contributed by atoms with van der Waals surface area (Å²) in [5.41, 5.74) is 1.18. The van der Waals surface area contributed by atoms with Crippen molar-refractivity contribution >= 4 is 0 Å². The molecule has 1 atom stereocenters. The molecule has 0 radical (unpaired) electrons. The highest BCUT2D eigenvalue weighted by atomic mass is 15.4. The minimum Gasteiger partial charge on any atom is -0.316 e. The van der Waals surface area contributed by atoms with Crippen molar-refractivity contribution in [3.8, 4) is 0 Å². The molecular formula is C12H22N4. The van der Waals surface area contributed by atoms with Gasteiger partial charge < -0.3 is 5.32 Å². The summed E-state index contributed by atoms with van der Waals surface area (Å²) in [7, 11) is 0. The van der Waals surface area contributed by atoms with E-state index >= 15 is 0 Å². The molecule has 0 saturated carbocycles. The molecule has 1 fully saturated rings. The summed E-state index contributed by atoms with van der Waals surface area (Å²) in [4.78, 5) is 0. The molecule has 2 heterocycles. The van der Waals surface area contributed by atoms with Crippen LogP contribution in [0.25, 0.3) is 0 Å². The van der Waals surface area contributed by atoms with Gasteiger partial charge in [0.1, 0.15) is 0 Å². The number of aromatic nitrogens is 3. The highest BCUT2D eigenvalue weighted by molar-refractivity contribution is 5.06. The van der Waals surface area contributed by atoms with Crippen LogP contribution in [0, 0.1) is 5.92 Å². The van der Waals surface area contributed by atoms with Crippen molar-refractivity contribution in [3.05, 3.63) is 11.9 Å². The highest BCUT2D eigenvalue weighted by Crippen LogP contribution is 2.19. The van der Waals surface area contributed by atoms with Gasteiger partial charge >= 0.3 is 0 Å². The zero-order chi connectivity index (χ0) is 11.6. The summed E-state index contributed by atoms with van der Waals surface area (Å²) in [6.45, 7) is 9.79. The SMILES string of the molecule is CC(C)(C)c1cn(CC2CCCNC2)nn1. The summed E-state index contributed by atoms with van der Waals surface area (Å²) in [5, 5.41) is 11.9. The van der Waals surface area contributed by atoms with E-state index < -0.39 is 0 Å². The Labute approximate surface area is 97.4 Å². The Morgan fingerprint density at radius 1 is 1.50 bits per heavy atom. The van der Waals surface area contributed by atoms with Crippen LogP contribution in [-0.4, -0.2) is 28.1 Å². The second-order valence-electron chi connectivity index (χ2n) is 5.79. The number of rotatable bonds is 2. The summed E-state index contributed by atoms with van der Waals surface area (Å²) < 4.78 is 2.00. The van der Waals surface area contributed by atoms with Gasteiger partial charge in [0.25, 0.3) is 0 Å². The summed E-state index contributed by atoms with van der Waals surface area (Å²) in [5.74, 6) is 0.711. The first-order valence-electron chi connectivity index (χ1n) is 6.17. The molecule has 4 heteroatoms. The molecule has 1 saturated heterocycles. The third kappa shape index (κ3) is 2.82. The maximum atomic E-state index is 4.25. The van der Waals surface area contributed by atoms with Crippen molar-refractivity contribution in [3.63, 3.8) is 0 Å². The number of nitrogens with one attached hydrogen (secondary N) is 1. The van der Waals surface area contributed by atoms with Gasteiger partial charge in [0.15, 0.2) is 0 Å². The van der Waals surface area contributed by atoms with Crippen molar-refractivity contribution in [2.75, 3.05) is 13.1 Å². The van der Waals surface area contributed by atoms with Crippen LogP contribution in [0.1, 0.15) is 39.3 Å². The molecule has 1 N–H and O–H groups in total. The Bertz CT molecular complexity index is 331. The van der Waals surface area contributed by atoms with Crippen LogP contribution in [0.15, 0.2) is 6.20 Å². The van der Waals surface area contributed by atoms with Crippen molar-refractivity contribution in [1.29, 1.82) is 0 Å². The summed E-state index contributed by atoms with van der Waals surface area (Å²) >= 11 is 0. The van der Waals surface area contributed by atoms with E-state index in [1.54, 1.807) is 0 Å². The lowest BCUT2D eigenvalue weighted by atomic mass is 9.93. The van der Waals surface area contributed by atoms with Crippen molar-refractivity contribution in [2.45, 2.75) is 45.6 Å². The predicted molar refractivity (Wildman–Crippen MR) is 64.3 cm³/mol. The molecule has 90 valence electrons. The first kappa shape index (κ1) is 11.6. The van der Waals surface area contributed by atoms with Gasteiger partial charge in [-0.1, -0.05) is 26.0 Å². The molecule has 0 amide bonds. The quantitative estimate of drug-likeness (QED) is 0.826. The van der Waals surface area contributed by atoms with Crippen LogP contribution in [-0.2, 0) is 12.0 Å². The van der Waals surface area contributed by atoms with Crippen LogP contribution < -0.4 is 5.32 Å². The Hall–Kier alpha value is -0.900. The molecule has 16 heavy (non-hydrogen) atoms. The maximum absolute atomic E-state index is 4.25. The average molecular weight is 222 g/mol. The van der Waals surface area contributed by atoms with Crippen molar-refractivity contribution < 1.29 is 0 Å². The number of hydrogen-bond donors (Lipinski definition) is 1. The predicted octanol–water partition coefficient (Wildman–Crippen LogP) is 1.58. The molecule has 0 aromatic carbocycles. The van der Waals surface area contributed by atoms with Crippen LogP contribution in [0.3, 0.4) is 0 Å². The van der Waals surface area contributed by atoms with E-state index in [4.69, 9.17) is 0 Å². The lowest BCUT2D eigenvalue weighted by Gasteiger charge is -2.22. The van der Waals surface area contributed by atoms with Crippen LogP contribution >= 0.6 is 0 Å². The van der Waals surface area contributed by atoms with Crippen LogP contribution in [0.5, 0.6) is 0 Å². The molecule has 4 nitrogen and oxygen atoms in total. The molecule has 1 unspecified atom stereocenters. The van der Waals surface area contributed by atoms with E-state index in [0.29, 0.717) is 5.92 Å². The fourth-order valence-corrected chi connectivity index (χ4v) is 2.08. The average Bonchev–Trinajstić information content (AvgIpc) is 2.67. The van der Waals surface area contributed by atoms with Gasteiger partial charge in [-0.15, -0.1) is 5.10 Å². The number of piperidine rings is 1. The Morgan fingerprint density at radius 2 is 2.31 bits per heavy atom. The van der Waals surface area contributed by atoms with Gasteiger partial charge in [-0.05, 0) is 31.8 Å². The minimum absolute atomic E-state index is 0.100. The lowest BCUT2D eigenvalue weighted by molar-refractivity contribution is 0.322. The fraction of sp³-hybridized carbons (Fsp3) is 0.833. The lowest BCUT2D eigenvalue weighted by Crippen LogP contribution is -2.32. The number of nitrogens with zero attached hydrogens (tertiary/aromatic N) is 3. The van der Waals surface area contributed by atoms with Gasteiger partial charge in [0, 0.05) is 18.2 Å². The van der Waals surface area contributed by atoms with Gasteiger partial charge in [0.05, 0.1) is 5.69 Å². The molecule has 1 aromatic rings. The van der Waals surface area contributed by atoms with E-state index in [1.807, 2.05) is 4.68 Å². The van der Waals surface area contributed by atoms with Gasteiger partial charge in [-0.25, -0.2) is 0 Å². The normalized spacial score (nSPS) is 22.3. The largest absolute Gasteiger partial charge is 0.316 e. The Kier molecular flexibility index (Phi) is 3.28. The monoisotopic (exact) mass is 222 g/mol. The van der Waals surface area contributed by atoms with E-state index in [1.165, 1.54) is 19.4 Å². The topological polar surface area (TPSA) is 42.7 Å². The molecule has 1 aliphatic heterocycles. The summed E-state index contributed by atoms with van der Waals surface area (Å²) in [6, 6.07) is 0. The van der Waals surface area contributed by atoms with Crippen molar-refractivity contribution in [1.82, 2.24) is 20.3 Å². The number of hydrogen-bond acceptors (Lipinski definition) is 3. The molecule has 1 aliphatic rings. The standard InChI is InChI=1S/C12H22N4/c1-12(2,3)11-9-16(15-14-11)8-10-5-4-6-13-7-10/h9-10,13H,4-8H2,1-3H3. The second-order valence-corrected chi connectivity index (χ2v) is 5.79. The molecule has 0 spiro atoms. The second kappa shape index (κ2) is 4.53. The molecule has 0 aliphatic carbocycles. The first-order valence-corrected chi connectivity index (χ1v) is 6.17. The summed E-state index contributed by atoms with van der Waals surface area (Å²) in [6.07, 6.45) is 4.68. The van der Waals surface area contributed by atoms with E-state index in [2.05, 4.69) is 42.6 Å². The molecule has 1 aromatic heterocycles. The van der Waals surface area contributed by atoms with Gasteiger partial charge in [-0.3, -0.25) is 4.68 Å². The molecule has 0 bridgehead atoms. The van der Waals surface area contributed by atoms with Gasteiger partial charge in [0.2, 0.25) is 0 Å². The van der Waals surface area contributed by atoms with Crippen LogP contribution in [0.2, 0.25) is 0 Å². The molecule has 2 rings (SSSR count). The maximum Gasteiger partial charge on any atom is 0.0880 e. The Morgan fingerprint density at radius 3 is 2.88 bits per heavy atom. The third-order valence-electron chi connectivity index (χ3n) is 3.15. The van der Waals surface area contributed by atoms with Crippen molar-refractivity contribution in [2.24, 2.45) is 5.92 Å². The first-order chi connectivity index (χ1) is 7.55. The Balaban J connectivity index is 1.97. The smallest absolute Gasteiger partial charge is 0.0880 e. The molecular weight excluding hydrogens is 200 g/mol. The fourth-order valence-electron chi connectivity index (χ4n) is 2.08. The zero-order valence-electron chi connectivity index (χ0n) is 10.5. The van der Waals surface area contributed by atoms with E-state index in [-0.39, 0.29) is 5.41 Å². The zero-order valence-corrected chi connectivity index (χ0v) is 10.5. The van der Waals surface area contributed by atoms with Crippen LogP contribution in [0.4, 0.5) is 0 Å². The highest BCUT2D eigenvalue weighted by Gasteiger charge is 2.19. The van der Waals surface area contributed by atoms with Gasteiger partial charge in [-0.2, -0.15) is 0 Å². The minimum atomic E-state index is 0.100. The van der Waals surface area contributed by atoms with E-state index in [9.17, 15) is 0 Å².